The number of rotatable bonds is 3. The molecule has 2 atom stereocenters. The third-order valence-corrected chi connectivity index (χ3v) is 6.88. The number of hydrogen-bond donors (Lipinski definition) is 0. The van der Waals surface area contributed by atoms with Gasteiger partial charge >= 0.3 is 0 Å². The molecule has 5 rings (SSSR count). The molecule has 1 saturated heterocycles. The monoisotopic (exact) mass is 363 g/mol. The summed E-state index contributed by atoms with van der Waals surface area (Å²) in [5, 5.41) is 0. The van der Waals surface area contributed by atoms with Crippen LogP contribution in [0.2, 0.25) is 0 Å². The van der Waals surface area contributed by atoms with Crippen molar-refractivity contribution < 1.29 is 0 Å². The van der Waals surface area contributed by atoms with Crippen molar-refractivity contribution in [2.75, 3.05) is 19.6 Å². The summed E-state index contributed by atoms with van der Waals surface area (Å²) in [4.78, 5) is 19.6. The number of nitrogens with zero attached hydrogens (tertiary/aromatic N) is 3. The molecule has 0 N–H and O–H groups in total. The minimum atomic E-state index is 0.160. The Labute approximate surface area is 161 Å². The van der Waals surface area contributed by atoms with E-state index in [0.29, 0.717) is 11.8 Å². The summed E-state index contributed by atoms with van der Waals surface area (Å²) in [5.74, 6) is 1.96. The molecule has 0 unspecified atom stereocenters. The average molecular weight is 364 g/mol. The second-order valence-corrected chi connectivity index (χ2v) is 8.84. The summed E-state index contributed by atoms with van der Waals surface area (Å²) in [7, 11) is 0. The Bertz CT molecular complexity index is 854. The highest BCUT2D eigenvalue weighted by atomic mass is 16.1. The largest absolute Gasteiger partial charge is 0.311 e. The lowest BCUT2D eigenvalue weighted by Crippen LogP contribution is -2.48. The summed E-state index contributed by atoms with van der Waals surface area (Å²) >= 11 is 0. The second kappa shape index (κ2) is 7.23. The summed E-state index contributed by atoms with van der Waals surface area (Å²) in [6, 6.07) is 7.86. The van der Waals surface area contributed by atoms with Gasteiger partial charge in [0.2, 0.25) is 0 Å². The van der Waals surface area contributed by atoms with E-state index in [0.717, 1.165) is 31.1 Å². The molecule has 142 valence electrons. The first-order valence-electron chi connectivity index (χ1n) is 10.6. The minimum absolute atomic E-state index is 0.160. The van der Waals surface area contributed by atoms with Crippen LogP contribution in [0.1, 0.15) is 50.1 Å². The van der Waals surface area contributed by atoms with Gasteiger partial charge in [0, 0.05) is 67.4 Å². The zero-order chi connectivity index (χ0) is 18.2. The maximum atomic E-state index is 12.6. The molecule has 0 amide bonds. The number of pyridine rings is 2. The average Bonchev–Trinajstić information content (AvgIpc) is 2.70. The van der Waals surface area contributed by atoms with Gasteiger partial charge in [-0.1, -0.05) is 25.3 Å². The van der Waals surface area contributed by atoms with E-state index in [-0.39, 0.29) is 5.56 Å². The molecule has 2 bridgehead atoms. The van der Waals surface area contributed by atoms with Crippen molar-refractivity contribution in [3.05, 3.63) is 52.7 Å². The molecule has 0 aromatic carbocycles. The number of likely N-dealkylation sites (tertiary alicyclic amines) is 1. The predicted octanol–water partition coefficient (Wildman–Crippen LogP) is 3.91. The van der Waals surface area contributed by atoms with Gasteiger partial charge in [-0.2, -0.15) is 0 Å². The van der Waals surface area contributed by atoms with Crippen LogP contribution in [0.15, 0.2) is 41.5 Å². The van der Waals surface area contributed by atoms with E-state index in [9.17, 15) is 4.79 Å². The van der Waals surface area contributed by atoms with E-state index >= 15 is 0 Å². The fourth-order valence-electron chi connectivity index (χ4n) is 5.76. The summed E-state index contributed by atoms with van der Waals surface area (Å²) < 4.78 is 2.07. The SMILES string of the molecule is O=c1ccc(-c2cccnc2)c2n1C[C@H]1C[C@@H]2CN(CC2CCCCC2)C1. The van der Waals surface area contributed by atoms with E-state index in [1.54, 1.807) is 6.07 Å². The van der Waals surface area contributed by atoms with Crippen LogP contribution >= 0.6 is 0 Å². The summed E-state index contributed by atoms with van der Waals surface area (Å²) in [6.07, 6.45) is 12.0. The standard InChI is InChI=1S/C23H29N3O/c27-22-9-8-21(19-7-4-10-24-12-19)23-20-11-18(15-26(22)23)14-25(16-20)13-17-5-2-1-3-6-17/h4,7-10,12,17-18,20H,1-3,5-6,11,13-16H2/t18-,20+/m0/s1. The molecular formula is C23H29N3O. The van der Waals surface area contributed by atoms with Crippen molar-refractivity contribution in [1.82, 2.24) is 14.5 Å². The predicted molar refractivity (Wildman–Crippen MR) is 108 cm³/mol. The quantitative estimate of drug-likeness (QED) is 0.830. The van der Waals surface area contributed by atoms with E-state index in [4.69, 9.17) is 0 Å². The van der Waals surface area contributed by atoms with Crippen molar-refractivity contribution in [2.45, 2.75) is 51.0 Å². The fraction of sp³-hybridized carbons (Fsp3) is 0.565. The van der Waals surface area contributed by atoms with Gasteiger partial charge in [-0.3, -0.25) is 9.78 Å². The van der Waals surface area contributed by atoms with Crippen molar-refractivity contribution in [1.29, 1.82) is 0 Å². The molecule has 2 aromatic heterocycles. The first-order chi connectivity index (χ1) is 13.3. The van der Waals surface area contributed by atoms with Crippen molar-refractivity contribution in [2.24, 2.45) is 11.8 Å². The lowest BCUT2D eigenvalue weighted by Gasteiger charge is -2.44. The normalized spacial score (nSPS) is 25.9. The van der Waals surface area contributed by atoms with Crippen molar-refractivity contribution in [3.63, 3.8) is 0 Å². The minimum Gasteiger partial charge on any atom is -0.311 e. The van der Waals surface area contributed by atoms with Crippen LogP contribution in [-0.2, 0) is 6.54 Å². The second-order valence-electron chi connectivity index (χ2n) is 8.84. The number of piperidine rings is 1. The fourth-order valence-corrected chi connectivity index (χ4v) is 5.76. The van der Waals surface area contributed by atoms with Gasteiger partial charge in [-0.05, 0) is 43.2 Å². The van der Waals surface area contributed by atoms with Gasteiger partial charge in [0.25, 0.3) is 5.56 Å². The molecule has 4 heteroatoms. The first-order valence-corrected chi connectivity index (χ1v) is 10.6. The Kier molecular flexibility index (Phi) is 4.60. The van der Waals surface area contributed by atoms with Gasteiger partial charge in [0.1, 0.15) is 0 Å². The maximum absolute atomic E-state index is 12.6. The molecule has 1 aliphatic carbocycles. The Morgan fingerprint density at radius 3 is 2.74 bits per heavy atom. The van der Waals surface area contributed by atoms with E-state index in [1.807, 2.05) is 24.5 Å². The van der Waals surface area contributed by atoms with Crippen LogP contribution < -0.4 is 5.56 Å². The number of aromatic nitrogens is 2. The van der Waals surface area contributed by atoms with Gasteiger partial charge in [0.15, 0.2) is 0 Å². The lowest BCUT2D eigenvalue weighted by atomic mass is 9.80. The van der Waals surface area contributed by atoms with Crippen LogP contribution in [0.5, 0.6) is 0 Å². The maximum Gasteiger partial charge on any atom is 0.250 e. The molecule has 4 nitrogen and oxygen atoms in total. The van der Waals surface area contributed by atoms with E-state index in [2.05, 4.69) is 20.5 Å². The highest BCUT2D eigenvalue weighted by molar-refractivity contribution is 5.66. The zero-order valence-electron chi connectivity index (χ0n) is 16.0. The van der Waals surface area contributed by atoms with Gasteiger partial charge < -0.3 is 9.47 Å². The van der Waals surface area contributed by atoms with Crippen molar-refractivity contribution >= 4 is 0 Å². The summed E-state index contributed by atoms with van der Waals surface area (Å²) in [6.45, 7) is 4.39. The zero-order valence-corrected chi connectivity index (χ0v) is 16.0. The van der Waals surface area contributed by atoms with Crippen LogP contribution in [0, 0.1) is 11.8 Å². The van der Waals surface area contributed by atoms with Crippen LogP contribution in [0.25, 0.3) is 11.1 Å². The molecule has 3 aliphatic rings. The molecule has 2 aromatic rings. The topological polar surface area (TPSA) is 38.1 Å². The highest BCUT2D eigenvalue weighted by Gasteiger charge is 2.36. The van der Waals surface area contributed by atoms with Crippen molar-refractivity contribution in [3.8, 4) is 11.1 Å². The third-order valence-electron chi connectivity index (χ3n) is 6.88. The molecule has 2 aliphatic heterocycles. The van der Waals surface area contributed by atoms with Crippen LogP contribution in [0.3, 0.4) is 0 Å². The molecule has 2 fully saturated rings. The Balaban J connectivity index is 1.46. The molecule has 0 radical (unpaired) electrons. The molecule has 27 heavy (non-hydrogen) atoms. The number of hydrogen-bond acceptors (Lipinski definition) is 3. The Morgan fingerprint density at radius 2 is 1.93 bits per heavy atom. The van der Waals surface area contributed by atoms with E-state index < -0.39 is 0 Å². The van der Waals surface area contributed by atoms with Gasteiger partial charge in [-0.25, -0.2) is 0 Å². The smallest absolute Gasteiger partial charge is 0.250 e. The lowest BCUT2D eigenvalue weighted by molar-refractivity contribution is 0.0970. The molecule has 0 spiro atoms. The first kappa shape index (κ1) is 17.2. The molecule has 1 saturated carbocycles. The summed E-state index contributed by atoms with van der Waals surface area (Å²) in [5.41, 5.74) is 3.74. The molecule has 4 heterocycles. The van der Waals surface area contributed by atoms with Gasteiger partial charge in [0.05, 0.1) is 0 Å². The van der Waals surface area contributed by atoms with E-state index in [1.165, 1.54) is 56.3 Å². The Hall–Kier alpha value is -1.94. The van der Waals surface area contributed by atoms with Crippen LogP contribution in [-0.4, -0.2) is 34.1 Å². The molecular weight excluding hydrogens is 334 g/mol. The third kappa shape index (κ3) is 3.36. The highest BCUT2D eigenvalue weighted by Crippen LogP contribution is 2.40. The van der Waals surface area contributed by atoms with Crippen LogP contribution in [0.4, 0.5) is 0 Å². The number of fused-ring (bicyclic) bond motifs is 4. The Morgan fingerprint density at radius 1 is 1.04 bits per heavy atom. The van der Waals surface area contributed by atoms with Gasteiger partial charge in [-0.15, -0.1) is 0 Å².